The highest BCUT2D eigenvalue weighted by molar-refractivity contribution is 4.92. The monoisotopic (exact) mass is 240 g/mol. The zero-order valence-corrected chi connectivity index (χ0v) is 12.8. The van der Waals surface area contributed by atoms with E-state index in [1.54, 1.807) is 0 Å². The quantitative estimate of drug-likeness (QED) is 0.743. The lowest BCUT2D eigenvalue weighted by Gasteiger charge is -2.47. The molecule has 1 fully saturated rings. The molecule has 1 aliphatic rings. The van der Waals surface area contributed by atoms with Crippen molar-refractivity contribution in [2.45, 2.75) is 59.4 Å². The Hall–Kier alpha value is -0.0800. The van der Waals surface area contributed by atoms with Gasteiger partial charge in [-0.25, -0.2) is 0 Å². The zero-order valence-electron chi connectivity index (χ0n) is 12.8. The molecule has 1 aliphatic carbocycles. The van der Waals surface area contributed by atoms with E-state index in [4.69, 9.17) is 0 Å². The molecule has 1 N–H and O–H groups in total. The van der Waals surface area contributed by atoms with Crippen molar-refractivity contribution < 1.29 is 0 Å². The van der Waals surface area contributed by atoms with Gasteiger partial charge in [0.2, 0.25) is 0 Å². The maximum absolute atomic E-state index is 3.23. The Kier molecular flexibility index (Phi) is 5.03. The standard InChI is InChI=1S/C15H32N2/c1-14(2)10-13(11-15(3,4)12-14)17(6)9-7-8-16-5/h13,16H,7-12H2,1-6H3. The van der Waals surface area contributed by atoms with Crippen molar-refractivity contribution >= 4 is 0 Å². The molecule has 0 radical (unpaired) electrons. The second-order valence-electron chi connectivity index (χ2n) is 7.50. The highest BCUT2D eigenvalue weighted by atomic mass is 15.1. The van der Waals surface area contributed by atoms with Crippen molar-refractivity contribution in [3.05, 3.63) is 0 Å². The molecule has 0 atom stereocenters. The van der Waals surface area contributed by atoms with Crippen molar-refractivity contribution in [1.29, 1.82) is 0 Å². The van der Waals surface area contributed by atoms with E-state index in [0.29, 0.717) is 10.8 Å². The lowest BCUT2D eigenvalue weighted by Crippen LogP contribution is -2.45. The number of hydrogen-bond donors (Lipinski definition) is 1. The lowest BCUT2D eigenvalue weighted by atomic mass is 9.63. The summed E-state index contributed by atoms with van der Waals surface area (Å²) < 4.78 is 0. The number of rotatable bonds is 5. The van der Waals surface area contributed by atoms with Crippen LogP contribution in [0, 0.1) is 10.8 Å². The van der Waals surface area contributed by atoms with Crippen LogP contribution in [0.1, 0.15) is 53.4 Å². The van der Waals surface area contributed by atoms with Gasteiger partial charge in [0.1, 0.15) is 0 Å². The largest absolute Gasteiger partial charge is 0.320 e. The number of nitrogens with one attached hydrogen (secondary N) is 1. The molecule has 102 valence electrons. The summed E-state index contributed by atoms with van der Waals surface area (Å²) >= 11 is 0. The molecule has 0 aromatic carbocycles. The normalized spacial score (nSPS) is 24.2. The molecule has 0 spiro atoms. The average Bonchev–Trinajstić information content (AvgIpc) is 2.13. The van der Waals surface area contributed by atoms with E-state index in [1.165, 1.54) is 32.2 Å². The molecule has 0 aromatic heterocycles. The van der Waals surface area contributed by atoms with Crippen LogP contribution in [-0.2, 0) is 0 Å². The van der Waals surface area contributed by atoms with Gasteiger partial charge in [-0.3, -0.25) is 0 Å². The van der Waals surface area contributed by atoms with Crippen molar-refractivity contribution in [3.63, 3.8) is 0 Å². The molecular weight excluding hydrogens is 208 g/mol. The smallest absolute Gasteiger partial charge is 0.0102 e. The van der Waals surface area contributed by atoms with Gasteiger partial charge in [0.25, 0.3) is 0 Å². The van der Waals surface area contributed by atoms with Crippen LogP contribution in [-0.4, -0.2) is 38.1 Å². The molecule has 2 nitrogen and oxygen atoms in total. The van der Waals surface area contributed by atoms with Crippen LogP contribution in [0.3, 0.4) is 0 Å². The van der Waals surface area contributed by atoms with Crippen LogP contribution >= 0.6 is 0 Å². The summed E-state index contributed by atoms with van der Waals surface area (Å²) in [6, 6.07) is 0.769. The van der Waals surface area contributed by atoms with E-state index in [2.05, 4.69) is 45.0 Å². The van der Waals surface area contributed by atoms with E-state index in [1.807, 2.05) is 7.05 Å². The molecule has 1 rings (SSSR count). The molecule has 0 unspecified atom stereocenters. The third kappa shape index (κ3) is 4.97. The van der Waals surface area contributed by atoms with Crippen LogP contribution in [0.4, 0.5) is 0 Å². The van der Waals surface area contributed by atoms with E-state index < -0.39 is 0 Å². The Bertz CT molecular complexity index is 217. The highest BCUT2D eigenvalue weighted by Gasteiger charge is 2.39. The van der Waals surface area contributed by atoms with E-state index >= 15 is 0 Å². The summed E-state index contributed by atoms with van der Waals surface area (Å²) in [5.41, 5.74) is 1.01. The fourth-order valence-corrected chi connectivity index (χ4v) is 3.79. The van der Waals surface area contributed by atoms with Crippen molar-refractivity contribution in [1.82, 2.24) is 10.2 Å². The van der Waals surface area contributed by atoms with Crippen molar-refractivity contribution in [3.8, 4) is 0 Å². The Morgan fingerprint density at radius 3 is 2.12 bits per heavy atom. The third-order valence-electron chi connectivity index (χ3n) is 4.09. The molecule has 2 heteroatoms. The van der Waals surface area contributed by atoms with Crippen LogP contribution in [0.2, 0.25) is 0 Å². The lowest BCUT2D eigenvalue weighted by molar-refractivity contribution is 0.0352. The average molecular weight is 240 g/mol. The fourth-order valence-electron chi connectivity index (χ4n) is 3.79. The van der Waals surface area contributed by atoms with Crippen LogP contribution in [0.15, 0.2) is 0 Å². The predicted octanol–water partition coefficient (Wildman–Crippen LogP) is 3.13. The maximum Gasteiger partial charge on any atom is 0.0102 e. The molecule has 0 bridgehead atoms. The minimum absolute atomic E-state index is 0.504. The summed E-state index contributed by atoms with van der Waals surface area (Å²) in [5.74, 6) is 0. The first-order valence-corrected chi connectivity index (χ1v) is 7.11. The zero-order chi connectivity index (χ0) is 13.1. The molecular formula is C15H32N2. The summed E-state index contributed by atoms with van der Waals surface area (Å²) in [6.07, 6.45) is 5.32. The summed E-state index contributed by atoms with van der Waals surface area (Å²) in [6.45, 7) is 12.1. The van der Waals surface area contributed by atoms with Gasteiger partial charge in [-0.2, -0.15) is 0 Å². The van der Waals surface area contributed by atoms with E-state index in [9.17, 15) is 0 Å². The second kappa shape index (κ2) is 5.71. The molecule has 17 heavy (non-hydrogen) atoms. The SMILES string of the molecule is CNCCCN(C)C1CC(C)(C)CC(C)(C)C1. The van der Waals surface area contributed by atoms with Gasteiger partial charge in [0.05, 0.1) is 0 Å². The number of nitrogens with zero attached hydrogens (tertiary/aromatic N) is 1. The highest BCUT2D eigenvalue weighted by Crippen LogP contribution is 2.46. The van der Waals surface area contributed by atoms with Gasteiger partial charge in [-0.1, -0.05) is 27.7 Å². The first-order valence-electron chi connectivity index (χ1n) is 7.11. The Morgan fingerprint density at radius 2 is 1.65 bits per heavy atom. The Balaban J connectivity index is 2.52. The minimum Gasteiger partial charge on any atom is -0.320 e. The molecule has 0 saturated heterocycles. The molecule has 0 heterocycles. The van der Waals surface area contributed by atoms with Crippen LogP contribution < -0.4 is 5.32 Å². The first kappa shape index (κ1) is 15.0. The predicted molar refractivity (Wildman–Crippen MR) is 76.4 cm³/mol. The van der Waals surface area contributed by atoms with Gasteiger partial charge >= 0.3 is 0 Å². The number of hydrogen-bond acceptors (Lipinski definition) is 2. The molecule has 1 saturated carbocycles. The summed E-state index contributed by atoms with van der Waals surface area (Å²) in [4.78, 5) is 2.58. The van der Waals surface area contributed by atoms with E-state index in [0.717, 1.165) is 12.6 Å². The molecule has 0 amide bonds. The molecule has 0 aliphatic heterocycles. The van der Waals surface area contributed by atoms with Gasteiger partial charge in [-0.05, 0) is 63.7 Å². The molecule has 0 aromatic rings. The fraction of sp³-hybridized carbons (Fsp3) is 1.00. The first-order chi connectivity index (χ1) is 7.76. The summed E-state index contributed by atoms with van der Waals surface area (Å²) in [7, 11) is 4.34. The van der Waals surface area contributed by atoms with Crippen molar-refractivity contribution in [2.75, 3.05) is 27.2 Å². The Labute approximate surface area is 108 Å². The van der Waals surface area contributed by atoms with E-state index in [-0.39, 0.29) is 0 Å². The topological polar surface area (TPSA) is 15.3 Å². The van der Waals surface area contributed by atoms with Crippen molar-refractivity contribution in [2.24, 2.45) is 10.8 Å². The minimum atomic E-state index is 0.504. The maximum atomic E-state index is 3.23. The van der Waals surface area contributed by atoms with Gasteiger partial charge < -0.3 is 10.2 Å². The van der Waals surface area contributed by atoms with Gasteiger partial charge in [-0.15, -0.1) is 0 Å². The Morgan fingerprint density at radius 1 is 1.12 bits per heavy atom. The summed E-state index contributed by atoms with van der Waals surface area (Å²) in [5, 5.41) is 3.23. The second-order valence-corrected chi connectivity index (χ2v) is 7.50. The van der Waals surface area contributed by atoms with Gasteiger partial charge in [0.15, 0.2) is 0 Å². The van der Waals surface area contributed by atoms with Crippen LogP contribution in [0.5, 0.6) is 0 Å². The third-order valence-corrected chi connectivity index (χ3v) is 4.09. The van der Waals surface area contributed by atoms with Crippen LogP contribution in [0.25, 0.3) is 0 Å². The van der Waals surface area contributed by atoms with Gasteiger partial charge in [0, 0.05) is 6.04 Å².